The van der Waals surface area contributed by atoms with E-state index in [0.717, 1.165) is 30.9 Å². The maximum Gasteiger partial charge on any atom is 0.148 e. The van der Waals surface area contributed by atoms with Gasteiger partial charge in [0.2, 0.25) is 0 Å². The lowest BCUT2D eigenvalue weighted by Crippen LogP contribution is -2.07. The molecule has 1 aromatic carbocycles. The van der Waals surface area contributed by atoms with Crippen molar-refractivity contribution in [1.82, 2.24) is 9.78 Å². The molecule has 0 fully saturated rings. The molecule has 5 heteroatoms. The van der Waals surface area contributed by atoms with Gasteiger partial charge in [0, 0.05) is 25.1 Å². The average Bonchev–Trinajstić information content (AvgIpc) is 3.03. The van der Waals surface area contributed by atoms with E-state index in [1.54, 1.807) is 16.8 Å². The maximum absolute atomic E-state index is 13.9. The Labute approximate surface area is 117 Å². The second-order valence-electron chi connectivity index (χ2n) is 4.76. The minimum atomic E-state index is -0.261. The first-order valence-corrected chi connectivity index (χ1v) is 6.98. The van der Waals surface area contributed by atoms with Crippen LogP contribution in [0.15, 0.2) is 24.3 Å². The third-order valence-electron chi connectivity index (χ3n) is 3.50. The Balaban J connectivity index is 1.96. The summed E-state index contributed by atoms with van der Waals surface area (Å²) in [6, 6.07) is 6.71. The summed E-state index contributed by atoms with van der Waals surface area (Å²) >= 11 is 0. The molecule has 3 rings (SSSR count). The summed E-state index contributed by atoms with van der Waals surface area (Å²) in [6.07, 6.45) is 1.70. The minimum Gasteiger partial charge on any atom is -0.381 e. The van der Waals surface area contributed by atoms with Crippen molar-refractivity contribution in [3.05, 3.63) is 41.3 Å². The van der Waals surface area contributed by atoms with Crippen molar-refractivity contribution in [2.75, 3.05) is 25.1 Å². The number of nitrogens with one attached hydrogen (secondary N) is 1. The normalized spacial score (nSPS) is 13.3. The molecule has 1 aliphatic rings. The highest BCUT2D eigenvalue weighted by Crippen LogP contribution is 2.29. The maximum atomic E-state index is 13.9. The molecule has 0 saturated carbocycles. The molecule has 2 aromatic rings. The van der Waals surface area contributed by atoms with E-state index < -0.39 is 0 Å². The molecule has 0 saturated heterocycles. The molecule has 20 heavy (non-hydrogen) atoms. The van der Waals surface area contributed by atoms with Gasteiger partial charge < -0.3 is 10.1 Å². The number of ether oxygens (including phenoxy) is 1. The van der Waals surface area contributed by atoms with Crippen LogP contribution >= 0.6 is 0 Å². The van der Waals surface area contributed by atoms with E-state index in [4.69, 9.17) is 4.74 Å². The minimum absolute atomic E-state index is 0.261. The largest absolute Gasteiger partial charge is 0.381 e. The summed E-state index contributed by atoms with van der Waals surface area (Å²) in [5, 5.41) is 7.87. The van der Waals surface area contributed by atoms with Gasteiger partial charge in [-0.3, -0.25) is 0 Å². The number of halogens is 1. The Hall–Kier alpha value is -1.88. The number of fused-ring (bicyclic) bond motifs is 1. The Morgan fingerprint density at radius 2 is 2.25 bits per heavy atom. The van der Waals surface area contributed by atoms with Crippen LogP contribution in [-0.2, 0) is 17.6 Å². The van der Waals surface area contributed by atoms with Gasteiger partial charge in [-0.1, -0.05) is 12.1 Å². The number of rotatable bonds is 5. The molecule has 0 atom stereocenters. The van der Waals surface area contributed by atoms with E-state index in [0.29, 0.717) is 18.9 Å². The second kappa shape index (κ2) is 5.63. The van der Waals surface area contributed by atoms with Crippen molar-refractivity contribution in [2.45, 2.75) is 19.8 Å². The van der Waals surface area contributed by atoms with Crippen LogP contribution in [0.3, 0.4) is 0 Å². The summed E-state index contributed by atoms with van der Waals surface area (Å²) in [5.41, 5.74) is 2.68. The van der Waals surface area contributed by atoms with E-state index in [9.17, 15) is 4.39 Å². The van der Waals surface area contributed by atoms with E-state index in [-0.39, 0.29) is 5.82 Å². The van der Waals surface area contributed by atoms with E-state index >= 15 is 0 Å². The van der Waals surface area contributed by atoms with Gasteiger partial charge in [-0.05, 0) is 25.5 Å². The number of nitrogens with zero attached hydrogens (tertiary/aromatic N) is 2. The van der Waals surface area contributed by atoms with Gasteiger partial charge in [0.15, 0.2) is 0 Å². The second-order valence-corrected chi connectivity index (χ2v) is 4.76. The first kappa shape index (κ1) is 13.1. The van der Waals surface area contributed by atoms with Crippen LogP contribution in [0.25, 0.3) is 5.69 Å². The molecule has 106 valence electrons. The van der Waals surface area contributed by atoms with Crippen LogP contribution in [0.5, 0.6) is 0 Å². The average molecular weight is 275 g/mol. The molecule has 0 amide bonds. The molecule has 0 bridgehead atoms. The van der Waals surface area contributed by atoms with Gasteiger partial charge in [0.1, 0.15) is 17.3 Å². The first-order chi connectivity index (χ1) is 9.81. The number of para-hydroxylation sites is 1. The summed E-state index contributed by atoms with van der Waals surface area (Å²) in [7, 11) is 0. The highest BCUT2D eigenvalue weighted by molar-refractivity contribution is 5.57. The van der Waals surface area contributed by atoms with Gasteiger partial charge in [0.05, 0.1) is 12.3 Å². The molecule has 1 aromatic heterocycles. The van der Waals surface area contributed by atoms with Crippen LogP contribution in [0.2, 0.25) is 0 Å². The monoisotopic (exact) mass is 275 g/mol. The molecular formula is C15H18FN3O. The fourth-order valence-electron chi connectivity index (χ4n) is 2.56. The topological polar surface area (TPSA) is 39.1 Å². The van der Waals surface area contributed by atoms with Gasteiger partial charge in [-0.25, -0.2) is 9.07 Å². The quantitative estimate of drug-likeness (QED) is 0.852. The highest BCUT2D eigenvalue weighted by atomic mass is 19.1. The fraction of sp³-hybridized carbons (Fsp3) is 0.400. The zero-order valence-corrected chi connectivity index (χ0v) is 11.5. The molecule has 1 aliphatic heterocycles. The van der Waals surface area contributed by atoms with Crippen molar-refractivity contribution in [3.63, 3.8) is 0 Å². The smallest absolute Gasteiger partial charge is 0.148 e. The summed E-state index contributed by atoms with van der Waals surface area (Å²) in [5.74, 6) is 0.657. The van der Waals surface area contributed by atoms with E-state index in [1.807, 2.05) is 13.0 Å². The van der Waals surface area contributed by atoms with Crippen molar-refractivity contribution >= 4 is 5.82 Å². The van der Waals surface area contributed by atoms with Crippen LogP contribution in [-0.4, -0.2) is 29.5 Å². The Morgan fingerprint density at radius 3 is 3.05 bits per heavy atom. The number of aromatic nitrogens is 2. The van der Waals surface area contributed by atoms with Crippen molar-refractivity contribution in [3.8, 4) is 5.69 Å². The van der Waals surface area contributed by atoms with Crippen molar-refractivity contribution < 1.29 is 9.13 Å². The zero-order valence-electron chi connectivity index (χ0n) is 11.5. The SMILES string of the molecule is CCOCCc1nn(-c2ccccc2F)c2c1CCN2. The number of hydrogen-bond donors (Lipinski definition) is 1. The summed E-state index contributed by atoms with van der Waals surface area (Å²) in [4.78, 5) is 0. The third-order valence-corrected chi connectivity index (χ3v) is 3.50. The molecule has 0 radical (unpaired) electrons. The van der Waals surface area contributed by atoms with E-state index in [1.165, 1.54) is 11.6 Å². The van der Waals surface area contributed by atoms with Gasteiger partial charge in [-0.15, -0.1) is 0 Å². The van der Waals surface area contributed by atoms with Crippen molar-refractivity contribution in [2.24, 2.45) is 0 Å². The molecule has 0 unspecified atom stereocenters. The number of benzene rings is 1. The lowest BCUT2D eigenvalue weighted by atomic mass is 10.1. The lowest BCUT2D eigenvalue weighted by Gasteiger charge is -2.07. The Kier molecular flexibility index (Phi) is 3.69. The molecule has 4 nitrogen and oxygen atoms in total. The fourth-order valence-corrected chi connectivity index (χ4v) is 2.56. The van der Waals surface area contributed by atoms with Crippen LogP contribution in [0.1, 0.15) is 18.2 Å². The van der Waals surface area contributed by atoms with Gasteiger partial charge >= 0.3 is 0 Å². The molecule has 0 aliphatic carbocycles. The van der Waals surface area contributed by atoms with Crippen molar-refractivity contribution in [1.29, 1.82) is 0 Å². The molecule has 1 N–H and O–H groups in total. The molecule has 2 heterocycles. The Bertz CT molecular complexity index is 609. The number of hydrogen-bond acceptors (Lipinski definition) is 3. The third kappa shape index (κ3) is 2.29. The predicted molar refractivity (Wildman–Crippen MR) is 75.9 cm³/mol. The van der Waals surface area contributed by atoms with Crippen LogP contribution in [0.4, 0.5) is 10.2 Å². The first-order valence-electron chi connectivity index (χ1n) is 6.98. The predicted octanol–water partition coefficient (Wildman–Crippen LogP) is 2.56. The van der Waals surface area contributed by atoms with Crippen LogP contribution < -0.4 is 5.32 Å². The summed E-state index contributed by atoms with van der Waals surface area (Å²) in [6.45, 7) is 4.21. The molecule has 0 spiro atoms. The van der Waals surface area contributed by atoms with Gasteiger partial charge in [-0.2, -0.15) is 5.10 Å². The standard InChI is InChI=1S/C15H18FN3O/c1-2-20-10-8-13-11-7-9-17-15(11)19(18-13)14-6-4-3-5-12(14)16/h3-6,17H,2,7-10H2,1H3. The number of anilines is 1. The van der Waals surface area contributed by atoms with E-state index in [2.05, 4.69) is 10.4 Å². The molecular weight excluding hydrogens is 257 g/mol. The van der Waals surface area contributed by atoms with Crippen LogP contribution in [0, 0.1) is 5.82 Å². The summed E-state index contributed by atoms with van der Waals surface area (Å²) < 4.78 is 21.0. The lowest BCUT2D eigenvalue weighted by molar-refractivity contribution is 0.150. The van der Waals surface area contributed by atoms with Gasteiger partial charge in [0.25, 0.3) is 0 Å². The Morgan fingerprint density at radius 1 is 1.40 bits per heavy atom. The highest BCUT2D eigenvalue weighted by Gasteiger charge is 2.23. The zero-order chi connectivity index (χ0) is 13.9.